The van der Waals surface area contributed by atoms with Gasteiger partial charge in [-0.05, 0) is 49.3 Å². The van der Waals surface area contributed by atoms with Crippen LogP contribution in [-0.4, -0.2) is 0 Å². The minimum absolute atomic E-state index is 0.772. The zero-order valence-electron chi connectivity index (χ0n) is 10.9. The lowest BCUT2D eigenvalue weighted by Gasteiger charge is -2.16. The van der Waals surface area contributed by atoms with Gasteiger partial charge in [-0.25, -0.2) is 0 Å². The monoisotopic (exact) mass is 226 g/mol. The van der Waals surface area contributed by atoms with E-state index in [1.54, 1.807) is 5.56 Å². The average molecular weight is 226 g/mol. The molecule has 90 valence electrons. The molecule has 1 fully saturated rings. The molecule has 2 rings (SSSR count). The van der Waals surface area contributed by atoms with Gasteiger partial charge in [0.15, 0.2) is 0 Å². The van der Waals surface area contributed by atoms with E-state index in [9.17, 15) is 0 Å². The van der Waals surface area contributed by atoms with Crippen LogP contribution in [0.1, 0.15) is 62.1 Å². The first-order valence-electron chi connectivity index (χ1n) is 6.75. The first kappa shape index (κ1) is 12.2. The van der Waals surface area contributed by atoms with Gasteiger partial charge in [-0.2, -0.15) is 0 Å². The quantitative estimate of drug-likeness (QED) is 0.646. The summed E-state index contributed by atoms with van der Waals surface area (Å²) >= 11 is 0. The van der Waals surface area contributed by atoms with Crippen molar-refractivity contribution in [1.82, 2.24) is 0 Å². The lowest BCUT2D eigenvalue weighted by atomic mass is 9.88. The molecule has 0 saturated heterocycles. The van der Waals surface area contributed by atoms with Crippen LogP contribution in [0.15, 0.2) is 30.4 Å². The van der Waals surface area contributed by atoms with Gasteiger partial charge in [0.1, 0.15) is 0 Å². The Morgan fingerprint density at radius 2 is 1.47 bits per heavy atom. The van der Waals surface area contributed by atoms with Crippen LogP contribution in [0.5, 0.6) is 0 Å². The second kappa shape index (κ2) is 5.86. The van der Waals surface area contributed by atoms with Gasteiger partial charge in [0.2, 0.25) is 0 Å². The summed E-state index contributed by atoms with van der Waals surface area (Å²) < 4.78 is 0. The first-order chi connectivity index (χ1) is 8.36. The summed E-state index contributed by atoms with van der Waals surface area (Å²) in [4.78, 5) is 0. The van der Waals surface area contributed by atoms with Crippen molar-refractivity contribution in [3.63, 3.8) is 0 Å². The highest BCUT2D eigenvalue weighted by atomic mass is 14.3. The predicted octanol–water partition coefficient (Wildman–Crippen LogP) is 5.41. The van der Waals surface area contributed by atoms with E-state index in [1.165, 1.54) is 36.8 Å². The fourth-order valence-corrected chi connectivity index (χ4v) is 2.94. The largest absolute Gasteiger partial charge is 0.0871 e. The normalized spacial score (nSPS) is 17.5. The van der Waals surface area contributed by atoms with E-state index in [1.807, 2.05) is 0 Å². The molecule has 0 aromatic heterocycles. The highest BCUT2D eigenvalue weighted by Crippen LogP contribution is 2.38. The van der Waals surface area contributed by atoms with Gasteiger partial charge in [-0.15, -0.1) is 0 Å². The molecule has 0 radical (unpaired) electrons. The van der Waals surface area contributed by atoms with Crippen LogP contribution in [0, 0.1) is 0 Å². The molecule has 0 bridgehead atoms. The molecule has 17 heavy (non-hydrogen) atoms. The summed E-state index contributed by atoms with van der Waals surface area (Å²) in [5.74, 6) is 0.772. The third kappa shape index (κ3) is 2.69. The molecule has 0 atom stereocenters. The van der Waals surface area contributed by atoms with Gasteiger partial charge < -0.3 is 0 Å². The van der Waals surface area contributed by atoms with Crippen molar-refractivity contribution >= 4 is 12.2 Å². The molecule has 0 amide bonds. The molecule has 1 aromatic rings. The van der Waals surface area contributed by atoms with E-state index in [0.717, 1.165) is 5.92 Å². The molecular weight excluding hydrogens is 204 g/mol. The molecule has 0 aliphatic heterocycles. The van der Waals surface area contributed by atoms with E-state index >= 15 is 0 Å². The molecule has 1 aliphatic rings. The topological polar surface area (TPSA) is 0 Å². The molecule has 1 saturated carbocycles. The van der Waals surface area contributed by atoms with Crippen LogP contribution in [0.3, 0.4) is 0 Å². The van der Waals surface area contributed by atoms with E-state index in [0.29, 0.717) is 0 Å². The van der Waals surface area contributed by atoms with Crippen molar-refractivity contribution in [2.24, 2.45) is 0 Å². The molecule has 0 N–H and O–H groups in total. The fraction of sp³-hybridized carbons (Fsp3) is 0.412. The smallest absolute Gasteiger partial charge is 0.0150 e. The summed E-state index contributed by atoms with van der Waals surface area (Å²) in [6.45, 7) is 4.20. The summed E-state index contributed by atoms with van der Waals surface area (Å²) in [7, 11) is 0. The summed E-state index contributed by atoms with van der Waals surface area (Å²) in [5.41, 5.74) is 4.39. The van der Waals surface area contributed by atoms with Crippen LogP contribution < -0.4 is 0 Å². The van der Waals surface area contributed by atoms with E-state index in [4.69, 9.17) is 0 Å². The Bertz CT molecular complexity index is 387. The molecule has 0 heterocycles. The highest BCUT2D eigenvalue weighted by molar-refractivity contribution is 5.64. The Hall–Kier alpha value is -1.30. The fourth-order valence-electron chi connectivity index (χ4n) is 2.94. The van der Waals surface area contributed by atoms with E-state index in [-0.39, 0.29) is 0 Å². The molecule has 1 aliphatic carbocycles. The zero-order valence-corrected chi connectivity index (χ0v) is 10.9. The Kier molecular flexibility index (Phi) is 4.19. The Balaban J connectivity index is 2.48. The maximum absolute atomic E-state index is 2.25. The average Bonchev–Trinajstić information content (AvgIpc) is 2.84. The van der Waals surface area contributed by atoms with Crippen LogP contribution in [0.2, 0.25) is 0 Å². The first-order valence-corrected chi connectivity index (χ1v) is 6.75. The Morgan fingerprint density at radius 3 is 1.94 bits per heavy atom. The summed E-state index contributed by atoms with van der Waals surface area (Å²) in [6, 6.07) is 6.67. The van der Waals surface area contributed by atoms with Gasteiger partial charge in [-0.3, -0.25) is 0 Å². The SMILES string of the molecule is CC=Cc1cccc(C=CC)c1C1CCCC1. The van der Waals surface area contributed by atoms with Gasteiger partial charge >= 0.3 is 0 Å². The van der Waals surface area contributed by atoms with E-state index in [2.05, 4.69) is 56.4 Å². The van der Waals surface area contributed by atoms with Gasteiger partial charge in [0.25, 0.3) is 0 Å². The second-order valence-electron chi connectivity index (χ2n) is 4.83. The number of rotatable bonds is 3. The van der Waals surface area contributed by atoms with Crippen LogP contribution in [0.4, 0.5) is 0 Å². The minimum atomic E-state index is 0.772. The van der Waals surface area contributed by atoms with Crippen molar-refractivity contribution in [3.8, 4) is 0 Å². The Labute approximate surface area is 105 Å². The molecular formula is C17H22. The maximum atomic E-state index is 2.25. The highest BCUT2D eigenvalue weighted by Gasteiger charge is 2.20. The van der Waals surface area contributed by atoms with Crippen LogP contribution in [0.25, 0.3) is 12.2 Å². The van der Waals surface area contributed by atoms with Crippen molar-refractivity contribution in [2.75, 3.05) is 0 Å². The van der Waals surface area contributed by atoms with Gasteiger partial charge in [-0.1, -0.05) is 55.3 Å². The van der Waals surface area contributed by atoms with Crippen molar-refractivity contribution in [1.29, 1.82) is 0 Å². The maximum Gasteiger partial charge on any atom is -0.0150 e. The molecule has 0 heteroatoms. The standard InChI is InChI=1S/C17H22/c1-3-8-14-12-7-13-15(9-4-2)17(14)16-10-5-6-11-16/h3-4,7-9,12-13,16H,5-6,10-11H2,1-2H3. The third-order valence-corrected chi connectivity index (χ3v) is 3.63. The Morgan fingerprint density at radius 1 is 0.941 bits per heavy atom. The van der Waals surface area contributed by atoms with Crippen molar-refractivity contribution in [2.45, 2.75) is 45.4 Å². The number of allylic oxidation sites excluding steroid dienone is 2. The van der Waals surface area contributed by atoms with Crippen LogP contribution in [-0.2, 0) is 0 Å². The number of hydrogen-bond donors (Lipinski definition) is 0. The number of benzene rings is 1. The minimum Gasteiger partial charge on any atom is -0.0871 e. The lowest BCUT2D eigenvalue weighted by Crippen LogP contribution is -1.99. The second-order valence-corrected chi connectivity index (χ2v) is 4.83. The van der Waals surface area contributed by atoms with Crippen molar-refractivity contribution < 1.29 is 0 Å². The van der Waals surface area contributed by atoms with Gasteiger partial charge in [0, 0.05) is 0 Å². The number of hydrogen-bond acceptors (Lipinski definition) is 0. The summed E-state index contributed by atoms with van der Waals surface area (Å²) in [6.07, 6.45) is 14.3. The zero-order chi connectivity index (χ0) is 12.1. The summed E-state index contributed by atoms with van der Waals surface area (Å²) in [5, 5.41) is 0. The van der Waals surface area contributed by atoms with Crippen molar-refractivity contribution in [3.05, 3.63) is 47.0 Å². The lowest BCUT2D eigenvalue weighted by molar-refractivity contribution is 0.720. The van der Waals surface area contributed by atoms with Crippen LogP contribution >= 0.6 is 0 Å². The van der Waals surface area contributed by atoms with Gasteiger partial charge in [0.05, 0.1) is 0 Å². The molecule has 0 spiro atoms. The molecule has 0 unspecified atom stereocenters. The molecule has 1 aromatic carbocycles. The van der Waals surface area contributed by atoms with E-state index < -0.39 is 0 Å². The predicted molar refractivity (Wildman–Crippen MR) is 77.1 cm³/mol. The molecule has 0 nitrogen and oxygen atoms in total. The third-order valence-electron chi connectivity index (χ3n) is 3.63.